The molecule has 0 fully saturated rings. The van der Waals surface area contributed by atoms with Crippen LogP contribution in [0.3, 0.4) is 0 Å². The van der Waals surface area contributed by atoms with E-state index >= 15 is 0 Å². The van der Waals surface area contributed by atoms with Crippen molar-refractivity contribution in [2.45, 2.75) is 30.9 Å². The maximum atomic E-state index is 12.9. The number of nitrogens with zero attached hydrogens (tertiary/aromatic N) is 4. The maximum Gasteiger partial charge on any atom is 0.433 e. The lowest BCUT2D eigenvalue weighted by Crippen LogP contribution is -2.32. The number of hydrogen-bond acceptors (Lipinski definition) is 3. The van der Waals surface area contributed by atoms with Crippen molar-refractivity contribution in [3.63, 3.8) is 0 Å². The summed E-state index contributed by atoms with van der Waals surface area (Å²) in [5.41, 5.74) is -0.458. The number of aromatic nitrogens is 3. The Morgan fingerprint density at radius 3 is 2.82 bits per heavy atom. The van der Waals surface area contributed by atoms with E-state index in [1.165, 1.54) is 12.1 Å². The highest BCUT2D eigenvalue weighted by atomic mass is 19.4. The van der Waals surface area contributed by atoms with Gasteiger partial charge < -0.3 is 0 Å². The normalized spacial score (nSPS) is 21.2. The molecule has 1 aliphatic carbocycles. The third kappa shape index (κ3) is 2.06. The van der Waals surface area contributed by atoms with Gasteiger partial charge in [0.25, 0.3) is 0 Å². The van der Waals surface area contributed by atoms with Gasteiger partial charge in [-0.05, 0) is 31.4 Å². The second-order valence-corrected chi connectivity index (χ2v) is 5.41. The summed E-state index contributed by atoms with van der Waals surface area (Å²) < 4.78 is 40.4. The molecule has 0 aliphatic heterocycles. The fraction of sp³-hybridized carbons (Fsp3) is 0.400. The molecule has 0 amide bonds. The van der Waals surface area contributed by atoms with Crippen LogP contribution < -0.4 is 0 Å². The van der Waals surface area contributed by atoms with Crippen molar-refractivity contribution in [1.29, 1.82) is 5.26 Å². The predicted octanol–water partition coefficient (Wildman–Crippen LogP) is 2.98. The summed E-state index contributed by atoms with van der Waals surface area (Å²) in [4.78, 5) is 3.73. The predicted molar refractivity (Wildman–Crippen MR) is 71.8 cm³/mol. The van der Waals surface area contributed by atoms with Gasteiger partial charge in [0.1, 0.15) is 11.1 Å². The topological polar surface area (TPSA) is 54.5 Å². The molecule has 2 aromatic heterocycles. The minimum absolute atomic E-state index is 0.138. The van der Waals surface area contributed by atoms with Crippen LogP contribution in [0.5, 0.6) is 0 Å². The molecule has 1 unspecified atom stereocenters. The summed E-state index contributed by atoms with van der Waals surface area (Å²) in [6.45, 7) is 0. The van der Waals surface area contributed by atoms with E-state index in [-0.39, 0.29) is 5.69 Å². The summed E-state index contributed by atoms with van der Waals surface area (Å²) in [7, 11) is 1.77. The Kier molecular flexibility index (Phi) is 3.20. The smallest absolute Gasteiger partial charge is 0.272 e. The molecule has 0 aromatic carbocycles. The molecular formula is C15H13F3N4. The van der Waals surface area contributed by atoms with Gasteiger partial charge in [-0.15, -0.1) is 0 Å². The first-order valence-corrected chi connectivity index (χ1v) is 6.86. The SMILES string of the molecule is Cn1ncc2c1CCCC2(C#N)c1cccc(C(F)(F)F)n1. The van der Waals surface area contributed by atoms with Gasteiger partial charge >= 0.3 is 6.18 Å². The van der Waals surface area contributed by atoms with Gasteiger partial charge in [0, 0.05) is 18.3 Å². The Balaban J connectivity index is 2.20. The minimum atomic E-state index is -4.53. The van der Waals surface area contributed by atoms with E-state index in [0.29, 0.717) is 18.4 Å². The molecule has 2 aromatic rings. The van der Waals surface area contributed by atoms with Gasteiger partial charge in [-0.25, -0.2) is 4.98 Å². The van der Waals surface area contributed by atoms with E-state index in [4.69, 9.17) is 0 Å². The molecule has 0 N–H and O–H groups in total. The molecule has 1 atom stereocenters. The maximum absolute atomic E-state index is 12.9. The zero-order chi connectivity index (χ0) is 16.0. The average molecular weight is 306 g/mol. The first-order chi connectivity index (χ1) is 10.4. The Hall–Kier alpha value is -2.36. The van der Waals surface area contributed by atoms with Crippen molar-refractivity contribution in [1.82, 2.24) is 14.8 Å². The Morgan fingerprint density at radius 1 is 1.36 bits per heavy atom. The molecule has 4 nitrogen and oxygen atoms in total. The Bertz CT molecular complexity index is 757. The summed E-state index contributed by atoms with van der Waals surface area (Å²) in [6.07, 6.45) is -1.05. The molecule has 0 spiro atoms. The highest BCUT2D eigenvalue weighted by Crippen LogP contribution is 2.42. The largest absolute Gasteiger partial charge is 0.433 e. The molecule has 0 saturated carbocycles. The average Bonchev–Trinajstić information content (AvgIpc) is 2.88. The van der Waals surface area contributed by atoms with Crippen LogP contribution in [0.25, 0.3) is 0 Å². The third-order valence-corrected chi connectivity index (χ3v) is 4.15. The van der Waals surface area contributed by atoms with Gasteiger partial charge in [0.05, 0.1) is 18.0 Å². The van der Waals surface area contributed by atoms with Crippen molar-refractivity contribution >= 4 is 0 Å². The molecule has 7 heteroatoms. The van der Waals surface area contributed by atoms with E-state index in [1.54, 1.807) is 17.9 Å². The standard InChI is InChI=1S/C15H13F3N4/c1-22-11-4-3-7-14(9-19,10(11)8-20-22)12-5-2-6-13(21-12)15(16,17)18/h2,5-6,8H,3-4,7H2,1H3. The number of pyridine rings is 1. The van der Waals surface area contributed by atoms with Crippen LogP contribution in [0.15, 0.2) is 24.4 Å². The Labute approximate surface area is 125 Å². The molecule has 2 heterocycles. The minimum Gasteiger partial charge on any atom is -0.272 e. The first kappa shape index (κ1) is 14.6. The van der Waals surface area contributed by atoms with Crippen molar-refractivity contribution in [3.05, 3.63) is 47.0 Å². The number of alkyl halides is 3. The summed E-state index contributed by atoms with van der Waals surface area (Å²) in [5, 5.41) is 13.9. The van der Waals surface area contributed by atoms with Crippen molar-refractivity contribution in [2.24, 2.45) is 7.05 Å². The van der Waals surface area contributed by atoms with Crippen molar-refractivity contribution in [3.8, 4) is 6.07 Å². The monoisotopic (exact) mass is 306 g/mol. The highest BCUT2D eigenvalue weighted by molar-refractivity contribution is 5.46. The summed E-state index contributed by atoms with van der Waals surface area (Å²) in [6, 6.07) is 5.90. The number of rotatable bonds is 1. The van der Waals surface area contributed by atoms with Gasteiger partial charge in [0.15, 0.2) is 0 Å². The number of halogens is 3. The molecular weight excluding hydrogens is 293 g/mol. The number of nitriles is 1. The van der Waals surface area contributed by atoms with E-state index in [1.807, 2.05) is 0 Å². The van der Waals surface area contributed by atoms with Gasteiger partial charge in [-0.1, -0.05) is 6.07 Å². The molecule has 114 valence electrons. The van der Waals surface area contributed by atoms with E-state index in [0.717, 1.165) is 18.2 Å². The van der Waals surface area contributed by atoms with Gasteiger partial charge in [0.2, 0.25) is 0 Å². The van der Waals surface area contributed by atoms with Crippen LogP contribution in [0.4, 0.5) is 13.2 Å². The fourth-order valence-electron chi connectivity index (χ4n) is 3.04. The number of fused-ring (bicyclic) bond motifs is 1. The number of hydrogen-bond donors (Lipinski definition) is 0. The zero-order valence-corrected chi connectivity index (χ0v) is 11.9. The molecule has 0 bridgehead atoms. The van der Waals surface area contributed by atoms with Crippen LogP contribution in [0, 0.1) is 11.3 Å². The van der Waals surface area contributed by atoms with Crippen LogP contribution in [-0.4, -0.2) is 14.8 Å². The summed E-state index contributed by atoms with van der Waals surface area (Å²) >= 11 is 0. The lowest BCUT2D eigenvalue weighted by molar-refractivity contribution is -0.141. The Morgan fingerprint density at radius 2 is 2.14 bits per heavy atom. The highest BCUT2D eigenvalue weighted by Gasteiger charge is 2.43. The second-order valence-electron chi connectivity index (χ2n) is 5.41. The van der Waals surface area contributed by atoms with Crippen LogP contribution >= 0.6 is 0 Å². The van der Waals surface area contributed by atoms with Crippen LogP contribution in [0.2, 0.25) is 0 Å². The van der Waals surface area contributed by atoms with Crippen LogP contribution in [-0.2, 0) is 25.1 Å². The number of aryl methyl sites for hydroxylation is 1. The van der Waals surface area contributed by atoms with Crippen LogP contribution in [0.1, 0.15) is 35.5 Å². The first-order valence-electron chi connectivity index (χ1n) is 6.86. The van der Waals surface area contributed by atoms with E-state index < -0.39 is 17.3 Å². The molecule has 0 saturated heterocycles. The van der Waals surface area contributed by atoms with Crippen molar-refractivity contribution in [2.75, 3.05) is 0 Å². The third-order valence-electron chi connectivity index (χ3n) is 4.15. The van der Waals surface area contributed by atoms with Gasteiger partial charge in [-0.3, -0.25) is 4.68 Å². The molecule has 1 aliphatic rings. The molecule has 0 radical (unpaired) electrons. The lowest BCUT2D eigenvalue weighted by Gasteiger charge is -2.30. The second kappa shape index (κ2) is 4.83. The fourth-order valence-corrected chi connectivity index (χ4v) is 3.04. The van der Waals surface area contributed by atoms with E-state index in [9.17, 15) is 18.4 Å². The summed E-state index contributed by atoms with van der Waals surface area (Å²) in [5.74, 6) is 0. The molecule has 3 rings (SSSR count). The van der Waals surface area contributed by atoms with Gasteiger partial charge in [-0.2, -0.15) is 23.5 Å². The van der Waals surface area contributed by atoms with E-state index in [2.05, 4.69) is 16.2 Å². The van der Waals surface area contributed by atoms with Crippen molar-refractivity contribution < 1.29 is 13.2 Å². The molecule has 22 heavy (non-hydrogen) atoms. The zero-order valence-electron chi connectivity index (χ0n) is 11.9. The lowest BCUT2D eigenvalue weighted by atomic mass is 9.71. The quantitative estimate of drug-likeness (QED) is 0.814.